The van der Waals surface area contributed by atoms with Crippen LogP contribution in [0.2, 0.25) is 0 Å². The van der Waals surface area contributed by atoms with Crippen LogP contribution < -0.4 is 0 Å². The first-order valence-corrected chi connectivity index (χ1v) is 10.3. The van der Waals surface area contributed by atoms with Crippen LogP contribution in [0.5, 0.6) is 0 Å². The number of fused-ring (bicyclic) bond motifs is 3. The number of nitrogens with zero attached hydrogens (tertiary/aromatic N) is 4. The number of halogens is 1. The predicted octanol–water partition coefficient (Wildman–Crippen LogP) is 4.52. The van der Waals surface area contributed by atoms with Crippen LogP contribution >= 0.6 is 0 Å². The summed E-state index contributed by atoms with van der Waals surface area (Å²) in [6.45, 7) is 7.82. The molecule has 1 atom stereocenters. The molecule has 2 aliphatic heterocycles. The molecule has 5 rings (SSSR count). The second-order valence-corrected chi connectivity index (χ2v) is 9.38. The first kappa shape index (κ1) is 19.0. The van der Waals surface area contributed by atoms with Gasteiger partial charge >= 0.3 is 6.09 Å². The van der Waals surface area contributed by atoms with Gasteiger partial charge in [-0.05, 0) is 63.9 Å². The van der Waals surface area contributed by atoms with Crippen LogP contribution in [0.25, 0.3) is 22.2 Å². The van der Waals surface area contributed by atoms with Crippen LogP contribution in [0.1, 0.15) is 39.3 Å². The fourth-order valence-corrected chi connectivity index (χ4v) is 4.61. The van der Waals surface area contributed by atoms with Crippen molar-refractivity contribution in [2.45, 2.75) is 51.2 Å². The second-order valence-electron chi connectivity index (χ2n) is 9.38. The van der Waals surface area contributed by atoms with Gasteiger partial charge in [-0.2, -0.15) is 5.10 Å². The van der Waals surface area contributed by atoms with E-state index in [2.05, 4.69) is 11.1 Å². The van der Waals surface area contributed by atoms with Gasteiger partial charge in [0.05, 0.1) is 11.2 Å². The SMILES string of the molecule is CC(C)(C)OC(=O)N1CCC2(CCn3nc(-c4cnc5ccc(F)cc5c4)cc32)C1. The summed E-state index contributed by atoms with van der Waals surface area (Å²) in [5.41, 5.74) is 3.03. The first-order chi connectivity index (χ1) is 14.2. The van der Waals surface area contributed by atoms with Gasteiger partial charge in [0.1, 0.15) is 11.4 Å². The van der Waals surface area contributed by atoms with Crippen LogP contribution in [0, 0.1) is 5.82 Å². The van der Waals surface area contributed by atoms with Crippen molar-refractivity contribution in [1.29, 1.82) is 0 Å². The Kier molecular flexibility index (Phi) is 4.14. The molecule has 1 fully saturated rings. The van der Waals surface area contributed by atoms with E-state index >= 15 is 0 Å². The third-order valence-electron chi connectivity index (χ3n) is 6.07. The lowest BCUT2D eigenvalue weighted by molar-refractivity contribution is 0.0284. The van der Waals surface area contributed by atoms with Gasteiger partial charge in [-0.3, -0.25) is 9.67 Å². The lowest BCUT2D eigenvalue weighted by Gasteiger charge is -2.26. The Bertz CT molecular complexity index is 1150. The second kappa shape index (κ2) is 6.52. The maximum Gasteiger partial charge on any atom is 0.410 e. The van der Waals surface area contributed by atoms with Gasteiger partial charge in [-0.1, -0.05) is 0 Å². The number of rotatable bonds is 1. The summed E-state index contributed by atoms with van der Waals surface area (Å²) in [7, 11) is 0. The molecule has 1 unspecified atom stereocenters. The molecule has 1 spiro atoms. The van der Waals surface area contributed by atoms with Gasteiger partial charge < -0.3 is 9.64 Å². The number of aryl methyl sites for hydroxylation is 1. The van der Waals surface area contributed by atoms with Crippen molar-refractivity contribution in [2.75, 3.05) is 13.1 Å². The first-order valence-electron chi connectivity index (χ1n) is 10.3. The largest absolute Gasteiger partial charge is 0.444 e. The molecular weight excluding hydrogens is 383 g/mol. The quantitative estimate of drug-likeness (QED) is 0.594. The van der Waals surface area contributed by atoms with Crippen molar-refractivity contribution in [3.8, 4) is 11.3 Å². The molecule has 0 N–H and O–H groups in total. The molecule has 3 aromatic rings. The lowest BCUT2D eigenvalue weighted by Crippen LogP contribution is -2.37. The van der Waals surface area contributed by atoms with E-state index < -0.39 is 5.60 Å². The zero-order valence-electron chi connectivity index (χ0n) is 17.5. The van der Waals surface area contributed by atoms with Gasteiger partial charge in [0.2, 0.25) is 0 Å². The Morgan fingerprint density at radius 3 is 2.77 bits per heavy atom. The molecule has 30 heavy (non-hydrogen) atoms. The molecule has 2 aromatic heterocycles. The Morgan fingerprint density at radius 1 is 1.17 bits per heavy atom. The van der Waals surface area contributed by atoms with Crippen LogP contribution in [-0.2, 0) is 16.7 Å². The maximum absolute atomic E-state index is 13.6. The Morgan fingerprint density at radius 2 is 1.97 bits per heavy atom. The molecule has 6 nitrogen and oxygen atoms in total. The molecule has 0 saturated carbocycles. The number of likely N-dealkylation sites (tertiary alicyclic amines) is 1. The summed E-state index contributed by atoms with van der Waals surface area (Å²) < 4.78 is 21.2. The van der Waals surface area contributed by atoms with E-state index in [4.69, 9.17) is 9.84 Å². The van der Waals surface area contributed by atoms with Crippen molar-refractivity contribution in [3.63, 3.8) is 0 Å². The van der Waals surface area contributed by atoms with Gasteiger partial charge in [-0.25, -0.2) is 9.18 Å². The Hall–Kier alpha value is -2.96. The summed E-state index contributed by atoms with van der Waals surface area (Å²) in [5, 5.41) is 5.54. The number of amides is 1. The third kappa shape index (κ3) is 3.22. The zero-order chi connectivity index (χ0) is 21.1. The van der Waals surface area contributed by atoms with E-state index in [0.29, 0.717) is 13.1 Å². The van der Waals surface area contributed by atoms with Crippen LogP contribution in [0.3, 0.4) is 0 Å². The van der Waals surface area contributed by atoms with Crippen LogP contribution in [0.15, 0.2) is 36.5 Å². The number of pyridine rings is 1. The standard InChI is InChI=1S/C23H25FN4O2/c1-22(2,3)30-21(29)27-8-6-23(14-27)7-9-28-20(23)12-19(26-28)16-10-15-11-17(24)4-5-18(15)25-13-16/h4-5,10-13H,6-9,14H2,1-3H3. The fourth-order valence-electron chi connectivity index (χ4n) is 4.61. The van der Waals surface area contributed by atoms with E-state index in [9.17, 15) is 9.18 Å². The molecule has 1 amide bonds. The van der Waals surface area contributed by atoms with Crippen molar-refractivity contribution in [2.24, 2.45) is 0 Å². The average Bonchev–Trinajstić information content (AvgIpc) is 3.37. The highest BCUT2D eigenvalue weighted by Crippen LogP contribution is 2.44. The van der Waals surface area contributed by atoms with Crippen molar-refractivity contribution in [3.05, 3.63) is 48.0 Å². The summed E-state index contributed by atoms with van der Waals surface area (Å²) in [5.74, 6) is -0.277. The highest BCUT2D eigenvalue weighted by molar-refractivity contribution is 5.83. The molecule has 7 heteroatoms. The van der Waals surface area contributed by atoms with E-state index in [-0.39, 0.29) is 17.3 Å². The van der Waals surface area contributed by atoms with Gasteiger partial charge in [0, 0.05) is 47.9 Å². The maximum atomic E-state index is 13.6. The molecule has 0 aliphatic carbocycles. The number of aromatic nitrogens is 3. The molecule has 4 heterocycles. The van der Waals surface area contributed by atoms with E-state index in [1.807, 2.05) is 36.4 Å². The Labute approximate surface area is 174 Å². The molecule has 1 aromatic carbocycles. The van der Waals surface area contributed by atoms with Gasteiger partial charge in [0.15, 0.2) is 0 Å². The van der Waals surface area contributed by atoms with Crippen molar-refractivity contribution < 1.29 is 13.9 Å². The number of hydrogen-bond donors (Lipinski definition) is 0. The zero-order valence-corrected chi connectivity index (χ0v) is 17.5. The minimum atomic E-state index is -0.500. The molecular formula is C23H25FN4O2. The third-order valence-corrected chi connectivity index (χ3v) is 6.07. The smallest absolute Gasteiger partial charge is 0.410 e. The topological polar surface area (TPSA) is 60.2 Å². The molecule has 2 aliphatic rings. The van der Waals surface area contributed by atoms with E-state index in [1.165, 1.54) is 12.1 Å². The minimum absolute atomic E-state index is 0.0848. The minimum Gasteiger partial charge on any atom is -0.444 e. The van der Waals surface area contributed by atoms with Gasteiger partial charge in [0.25, 0.3) is 0 Å². The summed E-state index contributed by atoms with van der Waals surface area (Å²) in [4.78, 5) is 18.8. The lowest BCUT2D eigenvalue weighted by atomic mass is 9.82. The number of carbonyl (C=O) groups is 1. The predicted molar refractivity (Wildman–Crippen MR) is 112 cm³/mol. The van der Waals surface area contributed by atoms with E-state index in [0.717, 1.165) is 47.2 Å². The fraction of sp³-hybridized carbons (Fsp3) is 0.435. The number of ether oxygens (including phenoxy) is 1. The molecule has 0 bridgehead atoms. The number of hydrogen-bond acceptors (Lipinski definition) is 4. The Balaban J connectivity index is 1.43. The summed E-state index contributed by atoms with van der Waals surface area (Å²) in [6, 6.07) is 8.62. The normalized spacial score (nSPS) is 20.9. The number of carbonyl (C=O) groups excluding carboxylic acids is 1. The summed E-state index contributed by atoms with van der Waals surface area (Å²) in [6.07, 6.45) is 3.40. The van der Waals surface area contributed by atoms with Crippen LogP contribution in [-0.4, -0.2) is 44.4 Å². The average molecular weight is 408 g/mol. The van der Waals surface area contributed by atoms with Gasteiger partial charge in [-0.15, -0.1) is 0 Å². The molecule has 156 valence electrons. The van der Waals surface area contributed by atoms with E-state index in [1.54, 1.807) is 12.3 Å². The highest BCUT2D eigenvalue weighted by atomic mass is 19.1. The molecule has 1 saturated heterocycles. The van der Waals surface area contributed by atoms with Crippen molar-refractivity contribution in [1.82, 2.24) is 19.7 Å². The molecule has 0 radical (unpaired) electrons. The van der Waals surface area contributed by atoms with Crippen LogP contribution in [0.4, 0.5) is 9.18 Å². The highest BCUT2D eigenvalue weighted by Gasteiger charge is 2.47. The number of benzene rings is 1. The van der Waals surface area contributed by atoms with Crippen molar-refractivity contribution >= 4 is 17.0 Å². The summed E-state index contributed by atoms with van der Waals surface area (Å²) >= 11 is 0. The monoisotopic (exact) mass is 408 g/mol.